The summed E-state index contributed by atoms with van der Waals surface area (Å²) in [6.07, 6.45) is 3.58. The second-order valence-corrected chi connectivity index (χ2v) is 7.64. The van der Waals surface area contributed by atoms with Crippen molar-refractivity contribution in [1.82, 2.24) is 10.6 Å². The van der Waals surface area contributed by atoms with Gasteiger partial charge >= 0.3 is 6.03 Å². The predicted octanol–water partition coefficient (Wildman–Crippen LogP) is 4.06. The maximum atomic E-state index is 13.8. The Hall–Kier alpha value is -2.56. The van der Waals surface area contributed by atoms with E-state index in [-0.39, 0.29) is 29.6 Å². The van der Waals surface area contributed by atoms with Crippen molar-refractivity contribution in [2.75, 3.05) is 6.54 Å². The van der Waals surface area contributed by atoms with Gasteiger partial charge in [0.1, 0.15) is 5.83 Å². The van der Waals surface area contributed by atoms with Crippen molar-refractivity contribution >= 4 is 6.03 Å². The topological polar surface area (TPSA) is 67.2 Å². The molecule has 1 atom stereocenters. The molecular weight excluding hydrogens is 329 g/mol. The van der Waals surface area contributed by atoms with E-state index < -0.39 is 5.83 Å². The van der Waals surface area contributed by atoms with Gasteiger partial charge in [0.15, 0.2) is 0 Å². The molecule has 0 fully saturated rings. The molecule has 2 rings (SSSR count). The van der Waals surface area contributed by atoms with Crippen molar-refractivity contribution in [1.29, 1.82) is 0 Å². The SMILES string of the molecule is C=CC1CC(CNC(=O)NCc2ccc(C(C)(C)C)cc2)=CC(F)=C1N. The molecule has 0 bridgehead atoms. The third-order valence-corrected chi connectivity index (χ3v) is 4.52. The Kier molecular flexibility index (Phi) is 6.24. The van der Waals surface area contributed by atoms with Gasteiger partial charge in [-0.2, -0.15) is 0 Å². The van der Waals surface area contributed by atoms with E-state index in [1.807, 2.05) is 12.1 Å². The van der Waals surface area contributed by atoms with Gasteiger partial charge in [0, 0.05) is 19.0 Å². The fourth-order valence-electron chi connectivity index (χ4n) is 2.79. The molecule has 2 amide bonds. The lowest BCUT2D eigenvalue weighted by molar-refractivity contribution is 0.241. The van der Waals surface area contributed by atoms with Crippen LogP contribution in [0.3, 0.4) is 0 Å². The van der Waals surface area contributed by atoms with E-state index in [4.69, 9.17) is 5.73 Å². The van der Waals surface area contributed by atoms with Crippen molar-refractivity contribution < 1.29 is 9.18 Å². The van der Waals surface area contributed by atoms with E-state index in [9.17, 15) is 9.18 Å². The highest BCUT2D eigenvalue weighted by molar-refractivity contribution is 5.74. The van der Waals surface area contributed by atoms with E-state index in [0.29, 0.717) is 13.0 Å². The molecule has 0 radical (unpaired) electrons. The average molecular weight is 357 g/mol. The molecule has 0 saturated carbocycles. The van der Waals surface area contributed by atoms with Gasteiger partial charge in [0.25, 0.3) is 0 Å². The zero-order valence-electron chi connectivity index (χ0n) is 15.7. The van der Waals surface area contributed by atoms with Crippen molar-refractivity contribution in [3.8, 4) is 0 Å². The van der Waals surface area contributed by atoms with Crippen molar-refractivity contribution in [3.63, 3.8) is 0 Å². The summed E-state index contributed by atoms with van der Waals surface area (Å²) in [4.78, 5) is 12.0. The molecule has 4 N–H and O–H groups in total. The fourth-order valence-corrected chi connectivity index (χ4v) is 2.79. The number of carbonyl (C=O) groups is 1. The summed E-state index contributed by atoms with van der Waals surface area (Å²) < 4.78 is 13.8. The summed E-state index contributed by atoms with van der Waals surface area (Å²) in [6, 6.07) is 7.90. The van der Waals surface area contributed by atoms with Crippen LogP contribution in [0.1, 0.15) is 38.3 Å². The molecule has 1 aromatic rings. The molecule has 1 unspecified atom stereocenters. The first-order chi connectivity index (χ1) is 12.2. The number of hydrogen-bond acceptors (Lipinski definition) is 2. The zero-order chi connectivity index (χ0) is 19.3. The van der Waals surface area contributed by atoms with Gasteiger partial charge in [-0.25, -0.2) is 9.18 Å². The molecule has 26 heavy (non-hydrogen) atoms. The lowest BCUT2D eigenvalue weighted by Gasteiger charge is -2.21. The number of urea groups is 1. The summed E-state index contributed by atoms with van der Waals surface area (Å²) in [5.74, 6) is -0.668. The zero-order valence-corrected chi connectivity index (χ0v) is 15.7. The first kappa shape index (κ1) is 19.8. The normalized spacial score (nSPS) is 17.5. The van der Waals surface area contributed by atoms with Crippen LogP contribution >= 0.6 is 0 Å². The molecule has 0 saturated heterocycles. The fraction of sp³-hybridized carbons (Fsp3) is 0.381. The van der Waals surface area contributed by atoms with Crippen molar-refractivity contribution in [2.24, 2.45) is 11.7 Å². The lowest BCUT2D eigenvalue weighted by Crippen LogP contribution is -2.36. The molecule has 0 aromatic heterocycles. The Labute approximate surface area is 155 Å². The van der Waals surface area contributed by atoms with Crippen LogP contribution in [-0.4, -0.2) is 12.6 Å². The van der Waals surface area contributed by atoms with Crippen LogP contribution in [0.15, 0.2) is 60.1 Å². The summed E-state index contributed by atoms with van der Waals surface area (Å²) in [6.45, 7) is 10.9. The molecule has 0 aliphatic heterocycles. The smallest absolute Gasteiger partial charge is 0.315 e. The first-order valence-electron chi connectivity index (χ1n) is 8.79. The van der Waals surface area contributed by atoms with Crippen LogP contribution in [0.5, 0.6) is 0 Å². The average Bonchev–Trinajstić information content (AvgIpc) is 2.60. The highest BCUT2D eigenvalue weighted by Crippen LogP contribution is 2.27. The Bertz CT molecular complexity index is 727. The quantitative estimate of drug-likeness (QED) is 0.696. The summed E-state index contributed by atoms with van der Waals surface area (Å²) in [5, 5.41) is 5.57. The third-order valence-electron chi connectivity index (χ3n) is 4.52. The van der Waals surface area contributed by atoms with Gasteiger partial charge in [0.2, 0.25) is 0 Å². The summed E-state index contributed by atoms with van der Waals surface area (Å²) in [7, 11) is 0. The Balaban J connectivity index is 1.83. The Morgan fingerprint density at radius 3 is 2.46 bits per heavy atom. The Morgan fingerprint density at radius 2 is 1.88 bits per heavy atom. The highest BCUT2D eigenvalue weighted by atomic mass is 19.1. The van der Waals surface area contributed by atoms with Crippen LogP contribution in [0.2, 0.25) is 0 Å². The van der Waals surface area contributed by atoms with Gasteiger partial charge < -0.3 is 16.4 Å². The third kappa shape index (κ3) is 5.22. The molecular formula is C21H28FN3O. The second kappa shape index (κ2) is 8.21. The number of rotatable bonds is 5. The number of nitrogens with two attached hydrogens (primary N) is 1. The van der Waals surface area contributed by atoms with Crippen molar-refractivity contribution in [3.05, 3.63) is 71.2 Å². The van der Waals surface area contributed by atoms with Crippen LogP contribution in [0.4, 0.5) is 9.18 Å². The second-order valence-electron chi connectivity index (χ2n) is 7.64. The molecule has 5 heteroatoms. The van der Waals surface area contributed by atoms with Gasteiger partial charge in [0.05, 0.1) is 5.70 Å². The molecule has 4 nitrogen and oxygen atoms in total. The first-order valence-corrected chi connectivity index (χ1v) is 8.79. The molecule has 140 valence electrons. The molecule has 0 spiro atoms. The van der Waals surface area contributed by atoms with Gasteiger partial charge in [-0.3, -0.25) is 0 Å². The van der Waals surface area contributed by atoms with E-state index in [0.717, 1.165) is 11.1 Å². The molecule has 1 aliphatic carbocycles. The van der Waals surface area contributed by atoms with Crippen LogP contribution in [0, 0.1) is 5.92 Å². The van der Waals surface area contributed by atoms with Gasteiger partial charge in [-0.05, 0) is 34.6 Å². The number of hydrogen-bond donors (Lipinski definition) is 3. The van der Waals surface area contributed by atoms with Crippen LogP contribution in [0.25, 0.3) is 0 Å². The van der Waals surface area contributed by atoms with Gasteiger partial charge in [-0.15, -0.1) is 6.58 Å². The molecule has 0 heterocycles. The van der Waals surface area contributed by atoms with E-state index >= 15 is 0 Å². The predicted molar refractivity (Wildman–Crippen MR) is 104 cm³/mol. The number of amides is 2. The van der Waals surface area contributed by atoms with Gasteiger partial charge in [-0.1, -0.05) is 51.1 Å². The van der Waals surface area contributed by atoms with E-state index in [1.165, 1.54) is 11.6 Å². The lowest BCUT2D eigenvalue weighted by atomic mass is 9.87. The maximum absolute atomic E-state index is 13.8. The minimum Gasteiger partial charge on any atom is -0.399 e. The van der Waals surface area contributed by atoms with E-state index in [2.05, 4.69) is 50.1 Å². The number of carbonyl (C=O) groups excluding carboxylic acids is 1. The monoisotopic (exact) mass is 357 g/mol. The van der Waals surface area contributed by atoms with Crippen LogP contribution < -0.4 is 16.4 Å². The Morgan fingerprint density at radius 1 is 1.27 bits per heavy atom. The number of halogens is 1. The minimum atomic E-state index is -0.447. The van der Waals surface area contributed by atoms with Crippen LogP contribution in [-0.2, 0) is 12.0 Å². The maximum Gasteiger partial charge on any atom is 0.315 e. The van der Waals surface area contributed by atoms with Crippen molar-refractivity contribution in [2.45, 2.75) is 39.2 Å². The number of nitrogens with one attached hydrogen (secondary N) is 2. The molecule has 1 aromatic carbocycles. The summed E-state index contributed by atoms with van der Waals surface area (Å²) >= 11 is 0. The standard InChI is InChI=1S/C21H28FN3O/c1-5-16-10-15(11-18(22)19(16)23)13-25-20(26)24-12-14-6-8-17(9-7-14)21(2,3)4/h5-9,11,16H,1,10,12-13,23H2,2-4H3,(H2,24,25,26). The largest absolute Gasteiger partial charge is 0.399 e. The van der Waals surface area contributed by atoms with E-state index in [1.54, 1.807) is 6.08 Å². The summed E-state index contributed by atoms with van der Waals surface area (Å²) in [5.41, 5.74) is 9.06. The number of benzene rings is 1. The minimum absolute atomic E-state index is 0.105. The highest BCUT2D eigenvalue weighted by Gasteiger charge is 2.20. The number of allylic oxidation sites excluding steroid dienone is 3. The molecule has 1 aliphatic rings.